The van der Waals surface area contributed by atoms with Crippen molar-refractivity contribution in [3.05, 3.63) is 164 Å². The van der Waals surface area contributed by atoms with Crippen molar-refractivity contribution in [2.24, 2.45) is 0 Å². The van der Waals surface area contributed by atoms with Crippen LogP contribution in [0.25, 0.3) is 99.5 Å². The third-order valence-corrected chi connectivity index (χ3v) is 9.51. The molecule has 0 atom stereocenters. The SMILES string of the molecule is c1ccc(-c2nc(-c3ccccc3)nc(-c3ccc4c(c3)c3ccccc3c3cccc(-c5ccc6oc7ccccc7c6c5)c34)n2)cc1. The lowest BCUT2D eigenvalue weighted by Gasteiger charge is -2.15. The number of benzene rings is 8. The molecular formula is C45H27N3O. The average Bonchev–Trinajstić information content (AvgIpc) is 3.56. The molecule has 0 fully saturated rings. The second-order valence-corrected chi connectivity index (χ2v) is 12.4. The molecule has 49 heavy (non-hydrogen) atoms. The standard InChI is InChI=1S/C45H27N3O/c1-3-12-28(13-4-1)43-46-44(29-14-5-2-6-15-29)48-45(47-43)31-22-24-37-38(27-31)34-17-8-7-16-33(34)36-20-11-19-32(42(36)37)30-23-25-41-39(26-30)35-18-9-10-21-40(35)49-41/h1-27H. The minimum atomic E-state index is 0.643. The molecule has 0 amide bonds. The Morgan fingerprint density at radius 1 is 0.306 bits per heavy atom. The lowest BCUT2D eigenvalue weighted by atomic mass is 9.88. The van der Waals surface area contributed by atoms with Gasteiger partial charge in [-0.2, -0.15) is 0 Å². The average molecular weight is 626 g/mol. The van der Waals surface area contributed by atoms with Crippen molar-refractivity contribution < 1.29 is 4.42 Å². The van der Waals surface area contributed by atoms with Crippen LogP contribution in [0.2, 0.25) is 0 Å². The van der Waals surface area contributed by atoms with Gasteiger partial charge in [0, 0.05) is 27.5 Å². The number of nitrogens with zero attached hydrogens (tertiary/aromatic N) is 3. The molecule has 0 spiro atoms. The molecule has 0 aliphatic rings. The van der Waals surface area contributed by atoms with Crippen molar-refractivity contribution in [2.45, 2.75) is 0 Å². The first kappa shape index (κ1) is 27.5. The van der Waals surface area contributed by atoms with Crippen LogP contribution in [0.15, 0.2) is 168 Å². The van der Waals surface area contributed by atoms with E-state index >= 15 is 0 Å². The maximum absolute atomic E-state index is 6.17. The van der Waals surface area contributed by atoms with Gasteiger partial charge in [0.15, 0.2) is 17.5 Å². The molecule has 2 heterocycles. The van der Waals surface area contributed by atoms with E-state index in [1.54, 1.807) is 0 Å². The largest absolute Gasteiger partial charge is 0.456 e. The summed E-state index contributed by atoms with van der Waals surface area (Å²) in [4.78, 5) is 15.0. The Labute approximate surface area is 282 Å². The molecule has 0 saturated heterocycles. The fourth-order valence-corrected chi connectivity index (χ4v) is 7.22. The number of aromatic nitrogens is 3. The van der Waals surface area contributed by atoms with Crippen LogP contribution in [0.5, 0.6) is 0 Å². The van der Waals surface area contributed by atoms with Crippen LogP contribution in [0.3, 0.4) is 0 Å². The second-order valence-electron chi connectivity index (χ2n) is 12.4. The monoisotopic (exact) mass is 625 g/mol. The molecule has 0 radical (unpaired) electrons. The van der Waals surface area contributed by atoms with Crippen LogP contribution in [-0.4, -0.2) is 15.0 Å². The molecule has 4 heteroatoms. The Morgan fingerprint density at radius 3 is 1.53 bits per heavy atom. The first-order valence-electron chi connectivity index (χ1n) is 16.4. The fourth-order valence-electron chi connectivity index (χ4n) is 7.22. The van der Waals surface area contributed by atoms with Crippen LogP contribution < -0.4 is 0 Å². The van der Waals surface area contributed by atoms with E-state index in [0.717, 1.165) is 49.6 Å². The van der Waals surface area contributed by atoms with E-state index in [1.807, 2.05) is 72.8 Å². The van der Waals surface area contributed by atoms with Crippen molar-refractivity contribution in [3.63, 3.8) is 0 Å². The predicted molar refractivity (Wildman–Crippen MR) is 201 cm³/mol. The number of hydrogen-bond donors (Lipinski definition) is 0. The molecule has 0 aliphatic carbocycles. The number of para-hydroxylation sites is 1. The fraction of sp³-hybridized carbons (Fsp3) is 0. The minimum absolute atomic E-state index is 0.643. The Hall–Kier alpha value is -6.65. The summed E-state index contributed by atoms with van der Waals surface area (Å²) in [5.41, 5.74) is 6.99. The first-order chi connectivity index (χ1) is 24.3. The molecule has 0 saturated carbocycles. The summed E-state index contributed by atoms with van der Waals surface area (Å²) in [6.45, 7) is 0. The Balaban J connectivity index is 1.23. The van der Waals surface area contributed by atoms with Gasteiger partial charge in [0.1, 0.15) is 11.2 Å². The van der Waals surface area contributed by atoms with Crippen molar-refractivity contribution >= 4 is 54.3 Å². The summed E-state index contributed by atoms with van der Waals surface area (Å²) >= 11 is 0. The Bertz CT molecular complexity index is 2820. The summed E-state index contributed by atoms with van der Waals surface area (Å²) in [5, 5.41) is 9.45. The van der Waals surface area contributed by atoms with Gasteiger partial charge in [-0.25, -0.2) is 15.0 Å². The van der Waals surface area contributed by atoms with Gasteiger partial charge in [0.2, 0.25) is 0 Å². The third kappa shape index (κ3) is 4.49. The minimum Gasteiger partial charge on any atom is -0.456 e. The summed E-state index contributed by atoms with van der Waals surface area (Å²) in [6.07, 6.45) is 0. The summed E-state index contributed by atoms with van der Waals surface area (Å²) < 4.78 is 6.17. The van der Waals surface area contributed by atoms with Crippen molar-refractivity contribution in [3.8, 4) is 45.3 Å². The first-order valence-corrected chi connectivity index (χ1v) is 16.4. The van der Waals surface area contributed by atoms with Gasteiger partial charge < -0.3 is 4.42 Å². The van der Waals surface area contributed by atoms with Gasteiger partial charge in [-0.15, -0.1) is 0 Å². The van der Waals surface area contributed by atoms with Gasteiger partial charge in [-0.3, -0.25) is 0 Å². The molecule has 228 valence electrons. The summed E-state index contributed by atoms with van der Waals surface area (Å²) in [6, 6.07) is 57.0. The highest BCUT2D eigenvalue weighted by molar-refractivity contribution is 6.29. The zero-order chi connectivity index (χ0) is 32.3. The Kier molecular flexibility index (Phi) is 6.15. The molecule has 2 aromatic heterocycles. The van der Waals surface area contributed by atoms with E-state index in [0.29, 0.717) is 17.5 Å². The van der Waals surface area contributed by atoms with Crippen LogP contribution in [0.4, 0.5) is 0 Å². The summed E-state index contributed by atoms with van der Waals surface area (Å²) in [5.74, 6) is 1.94. The van der Waals surface area contributed by atoms with Gasteiger partial charge in [-0.1, -0.05) is 140 Å². The molecule has 0 N–H and O–H groups in total. The van der Waals surface area contributed by atoms with E-state index in [1.165, 1.54) is 32.5 Å². The van der Waals surface area contributed by atoms with Gasteiger partial charge in [0.05, 0.1) is 0 Å². The number of fused-ring (bicyclic) bond motifs is 9. The quantitative estimate of drug-likeness (QED) is 0.183. The van der Waals surface area contributed by atoms with Gasteiger partial charge in [0.25, 0.3) is 0 Å². The molecule has 8 aromatic carbocycles. The molecule has 10 aromatic rings. The van der Waals surface area contributed by atoms with Gasteiger partial charge in [-0.05, 0) is 67.7 Å². The van der Waals surface area contributed by atoms with Crippen molar-refractivity contribution in [1.82, 2.24) is 15.0 Å². The van der Waals surface area contributed by atoms with E-state index in [4.69, 9.17) is 19.4 Å². The number of rotatable bonds is 4. The predicted octanol–water partition coefficient (Wildman–Crippen LogP) is 11.9. The second kappa shape index (κ2) is 11.0. The normalized spacial score (nSPS) is 11.7. The molecule has 0 bridgehead atoms. The van der Waals surface area contributed by atoms with E-state index in [-0.39, 0.29) is 0 Å². The van der Waals surface area contributed by atoms with Crippen LogP contribution in [0.1, 0.15) is 0 Å². The summed E-state index contributed by atoms with van der Waals surface area (Å²) in [7, 11) is 0. The highest BCUT2D eigenvalue weighted by atomic mass is 16.3. The number of hydrogen-bond acceptors (Lipinski definition) is 4. The van der Waals surface area contributed by atoms with Crippen LogP contribution >= 0.6 is 0 Å². The van der Waals surface area contributed by atoms with Gasteiger partial charge >= 0.3 is 0 Å². The molecule has 4 nitrogen and oxygen atoms in total. The van der Waals surface area contributed by atoms with Crippen LogP contribution in [-0.2, 0) is 0 Å². The zero-order valence-corrected chi connectivity index (χ0v) is 26.3. The highest BCUT2D eigenvalue weighted by Crippen LogP contribution is 2.42. The van der Waals surface area contributed by atoms with E-state index in [2.05, 4.69) is 91.0 Å². The smallest absolute Gasteiger partial charge is 0.164 e. The van der Waals surface area contributed by atoms with Crippen LogP contribution in [0, 0.1) is 0 Å². The molecule has 0 aliphatic heterocycles. The highest BCUT2D eigenvalue weighted by Gasteiger charge is 2.17. The third-order valence-electron chi connectivity index (χ3n) is 9.51. The van der Waals surface area contributed by atoms with Crippen molar-refractivity contribution in [1.29, 1.82) is 0 Å². The van der Waals surface area contributed by atoms with E-state index in [9.17, 15) is 0 Å². The van der Waals surface area contributed by atoms with E-state index < -0.39 is 0 Å². The molecule has 0 unspecified atom stereocenters. The maximum Gasteiger partial charge on any atom is 0.164 e. The lowest BCUT2D eigenvalue weighted by Crippen LogP contribution is -2.00. The zero-order valence-electron chi connectivity index (χ0n) is 26.3. The molecular weight excluding hydrogens is 599 g/mol. The Morgan fingerprint density at radius 2 is 0.816 bits per heavy atom. The van der Waals surface area contributed by atoms with Crippen molar-refractivity contribution in [2.75, 3.05) is 0 Å². The number of furan rings is 1. The molecule has 10 rings (SSSR count). The maximum atomic E-state index is 6.17. The lowest BCUT2D eigenvalue weighted by molar-refractivity contribution is 0.669. The topological polar surface area (TPSA) is 51.8 Å².